The number of hydrogen-bond donors (Lipinski definition) is 0. The second-order valence-electron chi connectivity index (χ2n) is 14.0. The third-order valence-electron chi connectivity index (χ3n) is 11.7. The summed E-state index contributed by atoms with van der Waals surface area (Å²) in [5.74, 6) is 0. The molecule has 1 spiro atoms. The second kappa shape index (κ2) is 9.74. The van der Waals surface area contributed by atoms with Gasteiger partial charge < -0.3 is 9.47 Å². The van der Waals surface area contributed by atoms with Gasteiger partial charge in [-0.1, -0.05) is 127 Å². The van der Waals surface area contributed by atoms with Crippen molar-refractivity contribution >= 4 is 38.9 Å². The summed E-state index contributed by atoms with van der Waals surface area (Å²) in [6.45, 7) is 0. The molecule has 0 fully saturated rings. The Kier molecular flexibility index (Phi) is 5.20. The molecule has 3 aliphatic carbocycles. The Labute approximate surface area is 296 Å². The van der Waals surface area contributed by atoms with Crippen LogP contribution in [0.15, 0.2) is 182 Å². The van der Waals surface area contributed by atoms with E-state index in [0.717, 1.165) is 22.7 Å². The van der Waals surface area contributed by atoms with Gasteiger partial charge in [0, 0.05) is 33.5 Å². The van der Waals surface area contributed by atoms with Crippen LogP contribution in [0, 0.1) is 0 Å². The van der Waals surface area contributed by atoms with Gasteiger partial charge in [0.15, 0.2) is 0 Å². The number of benzene rings is 8. The maximum atomic E-state index is 2.45. The van der Waals surface area contributed by atoms with Gasteiger partial charge in [-0.2, -0.15) is 0 Å². The van der Waals surface area contributed by atoms with Crippen LogP contribution < -0.4 is 4.90 Å². The summed E-state index contributed by atoms with van der Waals surface area (Å²) in [5, 5.41) is 2.51. The van der Waals surface area contributed by atoms with Gasteiger partial charge in [0.2, 0.25) is 0 Å². The Hall–Kier alpha value is -6.64. The molecule has 9 aromatic rings. The van der Waals surface area contributed by atoms with E-state index in [1.165, 1.54) is 77.4 Å². The Morgan fingerprint density at radius 3 is 1.69 bits per heavy atom. The molecule has 2 nitrogen and oxygen atoms in total. The highest BCUT2D eigenvalue weighted by Crippen LogP contribution is 2.70. The van der Waals surface area contributed by atoms with Gasteiger partial charge in [0.1, 0.15) is 0 Å². The first kappa shape index (κ1) is 27.2. The highest BCUT2D eigenvalue weighted by molar-refractivity contribution is 6.11. The van der Waals surface area contributed by atoms with E-state index in [2.05, 4.69) is 191 Å². The first-order valence-corrected chi connectivity index (χ1v) is 17.8. The SMILES string of the molecule is c1ccc(N(c2ccc3c(c2)-c2cccc4c2C32c3ccccc3-c3cccc-4c32)c2ccc3c4ccccc4n(-c4ccccc4)c3c2)cc1. The van der Waals surface area contributed by atoms with Crippen LogP contribution in [0.1, 0.15) is 22.3 Å². The number of para-hydroxylation sites is 3. The number of rotatable bonds is 4. The first-order valence-electron chi connectivity index (χ1n) is 17.8. The Balaban J connectivity index is 1.11. The average molecular weight is 647 g/mol. The zero-order valence-electron chi connectivity index (χ0n) is 27.7. The molecule has 0 saturated carbocycles. The highest BCUT2D eigenvalue weighted by atomic mass is 15.1. The summed E-state index contributed by atoms with van der Waals surface area (Å²) in [7, 11) is 0. The molecule has 1 unspecified atom stereocenters. The van der Waals surface area contributed by atoms with Gasteiger partial charge in [0.05, 0.1) is 16.4 Å². The maximum absolute atomic E-state index is 2.45. The molecule has 0 N–H and O–H groups in total. The lowest BCUT2D eigenvalue weighted by atomic mass is 9.73. The molecule has 51 heavy (non-hydrogen) atoms. The van der Waals surface area contributed by atoms with Crippen molar-refractivity contribution in [2.75, 3.05) is 4.90 Å². The van der Waals surface area contributed by atoms with Crippen molar-refractivity contribution in [1.29, 1.82) is 0 Å². The van der Waals surface area contributed by atoms with E-state index in [0.29, 0.717) is 0 Å². The monoisotopic (exact) mass is 646 g/mol. The predicted molar refractivity (Wildman–Crippen MR) is 211 cm³/mol. The first-order chi connectivity index (χ1) is 25.3. The quantitative estimate of drug-likeness (QED) is 0.185. The molecule has 8 aromatic carbocycles. The van der Waals surface area contributed by atoms with Crippen LogP contribution in [0.3, 0.4) is 0 Å². The Morgan fingerprint density at radius 2 is 0.902 bits per heavy atom. The van der Waals surface area contributed by atoms with Crippen LogP contribution in [0.5, 0.6) is 0 Å². The maximum Gasteiger partial charge on any atom is 0.0737 e. The molecule has 236 valence electrons. The number of nitrogens with zero attached hydrogens (tertiary/aromatic N) is 2. The van der Waals surface area contributed by atoms with Crippen molar-refractivity contribution in [1.82, 2.24) is 4.57 Å². The van der Waals surface area contributed by atoms with Crippen molar-refractivity contribution in [3.05, 3.63) is 204 Å². The van der Waals surface area contributed by atoms with Crippen LogP contribution in [-0.4, -0.2) is 4.57 Å². The Bertz CT molecular complexity index is 2900. The second-order valence-corrected chi connectivity index (χ2v) is 14.0. The minimum absolute atomic E-state index is 0.282. The average Bonchev–Trinajstić information content (AvgIpc) is 3.89. The smallest absolute Gasteiger partial charge is 0.0737 e. The van der Waals surface area contributed by atoms with Crippen molar-refractivity contribution in [3.8, 4) is 39.1 Å². The van der Waals surface area contributed by atoms with Crippen molar-refractivity contribution in [3.63, 3.8) is 0 Å². The van der Waals surface area contributed by atoms with Crippen molar-refractivity contribution < 1.29 is 0 Å². The van der Waals surface area contributed by atoms with Crippen LogP contribution in [0.4, 0.5) is 17.1 Å². The summed E-state index contributed by atoms with van der Waals surface area (Å²) >= 11 is 0. The van der Waals surface area contributed by atoms with E-state index in [1.54, 1.807) is 0 Å². The predicted octanol–water partition coefficient (Wildman–Crippen LogP) is 12.6. The summed E-state index contributed by atoms with van der Waals surface area (Å²) < 4.78 is 2.40. The summed E-state index contributed by atoms with van der Waals surface area (Å²) in [6.07, 6.45) is 0. The van der Waals surface area contributed by atoms with Crippen LogP contribution in [-0.2, 0) is 5.41 Å². The fourth-order valence-corrected chi connectivity index (χ4v) is 9.86. The number of fused-ring (bicyclic) bond motifs is 8. The van der Waals surface area contributed by atoms with Gasteiger partial charge in [-0.15, -0.1) is 0 Å². The molecule has 0 bridgehead atoms. The third kappa shape index (κ3) is 3.32. The van der Waals surface area contributed by atoms with Crippen LogP contribution in [0.2, 0.25) is 0 Å². The summed E-state index contributed by atoms with van der Waals surface area (Å²) in [5.41, 5.74) is 20.5. The molecule has 1 atom stereocenters. The van der Waals surface area contributed by atoms with E-state index in [1.807, 2.05) is 0 Å². The van der Waals surface area contributed by atoms with Crippen LogP contribution >= 0.6 is 0 Å². The lowest BCUT2D eigenvalue weighted by molar-refractivity contribution is 0.818. The van der Waals surface area contributed by atoms with Gasteiger partial charge in [-0.05, 0) is 110 Å². The van der Waals surface area contributed by atoms with Crippen LogP contribution in [0.25, 0.3) is 60.9 Å². The van der Waals surface area contributed by atoms with E-state index in [9.17, 15) is 0 Å². The van der Waals surface area contributed by atoms with Crippen molar-refractivity contribution in [2.45, 2.75) is 5.41 Å². The molecule has 0 saturated heterocycles. The lowest BCUT2D eigenvalue weighted by Crippen LogP contribution is -2.23. The minimum Gasteiger partial charge on any atom is -0.310 e. The highest BCUT2D eigenvalue weighted by Gasteiger charge is 2.57. The van der Waals surface area contributed by atoms with Gasteiger partial charge >= 0.3 is 0 Å². The zero-order valence-corrected chi connectivity index (χ0v) is 27.7. The molecule has 1 aromatic heterocycles. The molecule has 2 heteroatoms. The lowest BCUT2D eigenvalue weighted by Gasteiger charge is -2.29. The standard InChI is InChI=1S/C49H30N2/c1-3-13-31(14-4-1)50(34-25-27-37-36-18-8-10-24-45(36)51(46(37)30-34)32-15-5-2-6-16-32)33-26-28-44-42(29-33)41-22-12-21-40-39-20-11-19-38-35-17-7-9-23-43(35)49(44,47(38)39)48(40)41/h1-30H. The molecule has 0 radical (unpaired) electrons. The molecular formula is C49H30N2. The van der Waals surface area contributed by atoms with E-state index < -0.39 is 0 Å². The van der Waals surface area contributed by atoms with Crippen molar-refractivity contribution in [2.24, 2.45) is 0 Å². The molecule has 1 heterocycles. The number of hydrogen-bond acceptors (Lipinski definition) is 1. The number of anilines is 3. The molecule has 0 aliphatic heterocycles. The normalized spacial score (nSPS) is 15.5. The summed E-state index contributed by atoms with van der Waals surface area (Å²) in [4.78, 5) is 2.43. The molecule has 12 rings (SSSR count). The summed E-state index contributed by atoms with van der Waals surface area (Å²) in [6, 6.07) is 67.4. The fourth-order valence-electron chi connectivity index (χ4n) is 9.86. The van der Waals surface area contributed by atoms with Gasteiger partial charge in [0.25, 0.3) is 0 Å². The van der Waals surface area contributed by atoms with E-state index >= 15 is 0 Å². The zero-order chi connectivity index (χ0) is 33.3. The van der Waals surface area contributed by atoms with E-state index in [4.69, 9.17) is 0 Å². The van der Waals surface area contributed by atoms with Gasteiger partial charge in [-0.25, -0.2) is 0 Å². The molecule has 3 aliphatic rings. The van der Waals surface area contributed by atoms with E-state index in [-0.39, 0.29) is 5.41 Å². The van der Waals surface area contributed by atoms with Gasteiger partial charge in [-0.3, -0.25) is 0 Å². The molecule has 0 amide bonds. The Morgan fingerprint density at radius 1 is 0.353 bits per heavy atom. The largest absolute Gasteiger partial charge is 0.310 e. The molecular weight excluding hydrogens is 617 g/mol. The third-order valence-corrected chi connectivity index (χ3v) is 11.7. The topological polar surface area (TPSA) is 8.17 Å². The minimum atomic E-state index is -0.282. The fraction of sp³-hybridized carbons (Fsp3) is 0.0204. The number of aromatic nitrogens is 1.